The molecule has 0 spiro atoms. The van der Waals surface area contributed by atoms with Gasteiger partial charge in [0.15, 0.2) is 0 Å². The topological polar surface area (TPSA) is 36.7 Å². The fourth-order valence-corrected chi connectivity index (χ4v) is 0.386. The van der Waals surface area contributed by atoms with Crippen LogP contribution >= 0.6 is 0 Å². The van der Waals surface area contributed by atoms with Gasteiger partial charge in [-0.1, -0.05) is 0 Å². The minimum absolute atomic E-state index is 0.573. The zero-order valence-electron chi connectivity index (χ0n) is 4.13. The zero-order valence-corrected chi connectivity index (χ0v) is 4.13. The predicted molar refractivity (Wildman–Crippen MR) is 27.8 cm³/mol. The van der Waals surface area contributed by atoms with Crippen LogP contribution in [0.25, 0.3) is 0 Å². The van der Waals surface area contributed by atoms with E-state index in [1.807, 2.05) is 6.07 Å². The van der Waals surface area contributed by atoms with Crippen molar-refractivity contribution in [1.29, 1.82) is 5.26 Å². The van der Waals surface area contributed by atoms with Crippen molar-refractivity contribution >= 4 is 0 Å². The van der Waals surface area contributed by atoms with Gasteiger partial charge in [-0.05, 0) is 12.1 Å². The smallest absolute Gasteiger partial charge is 0.101 e. The normalized spacial score (nSPS) is 7.88. The van der Waals surface area contributed by atoms with E-state index >= 15 is 0 Å². The standard InChI is InChI=1S/C6H3N2/c7-4-6-2-1-3-8-5-6/h1-2,5H. The van der Waals surface area contributed by atoms with E-state index in [1.165, 1.54) is 6.20 Å². The van der Waals surface area contributed by atoms with Gasteiger partial charge in [-0.25, -0.2) is 0 Å². The number of rotatable bonds is 0. The highest BCUT2D eigenvalue weighted by atomic mass is 14.6. The molecule has 0 unspecified atom stereocenters. The first kappa shape index (κ1) is 4.79. The molecule has 8 heavy (non-hydrogen) atoms. The molecule has 1 rings (SSSR count). The number of hydrogen-bond donors (Lipinski definition) is 0. The van der Waals surface area contributed by atoms with Gasteiger partial charge in [0.1, 0.15) is 6.07 Å². The molecule has 0 aromatic carbocycles. The average molecular weight is 103 g/mol. The molecule has 0 aliphatic rings. The monoisotopic (exact) mass is 103 g/mol. The molecule has 0 fully saturated rings. The van der Waals surface area contributed by atoms with Crippen LogP contribution in [-0.2, 0) is 0 Å². The first-order valence-corrected chi connectivity index (χ1v) is 2.15. The van der Waals surface area contributed by atoms with Gasteiger partial charge in [0.05, 0.1) is 11.8 Å². The van der Waals surface area contributed by atoms with E-state index in [0.717, 1.165) is 0 Å². The largest absolute Gasteiger partial charge is 0.253 e. The maximum Gasteiger partial charge on any atom is 0.101 e. The van der Waals surface area contributed by atoms with Gasteiger partial charge in [-0.3, -0.25) is 4.98 Å². The van der Waals surface area contributed by atoms with Gasteiger partial charge in [-0.15, -0.1) is 0 Å². The third kappa shape index (κ3) is 0.824. The molecule has 0 aliphatic heterocycles. The van der Waals surface area contributed by atoms with Crippen LogP contribution in [-0.4, -0.2) is 4.98 Å². The van der Waals surface area contributed by atoms with Crippen LogP contribution in [0, 0.1) is 17.5 Å². The molecule has 1 heterocycles. The second-order valence-corrected chi connectivity index (χ2v) is 1.29. The number of hydrogen-bond acceptors (Lipinski definition) is 2. The molecule has 1 radical (unpaired) electrons. The summed E-state index contributed by atoms with van der Waals surface area (Å²) in [6.07, 6.45) is 4.04. The van der Waals surface area contributed by atoms with Crippen molar-refractivity contribution in [2.45, 2.75) is 0 Å². The summed E-state index contributed by atoms with van der Waals surface area (Å²) in [5.41, 5.74) is 0.573. The minimum atomic E-state index is 0.573. The lowest BCUT2D eigenvalue weighted by atomic mass is 10.3. The van der Waals surface area contributed by atoms with Gasteiger partial charge in [0.25, 0.3) is 0 Å². The quantitative estimate of drug-likeness (QED) is 0.486. The van der Waals surface area contributed by atoms with E-state index in [0.29, 0.717) is 5.56 Å². The van der Waals surface area contributed by atoms with Crippen molar-refractivity contribution in [2.75, 3.05) is 0 Å². The molecule has 1 aromatic heterocycles. The fraction of sp³-hybridized carbons (Fsp3) is 0. The molecule has 2 nitrogen and oxygen atoms in total. The Morgan fingerprint density at radius 3 is 3.00 bits per heavy atom. The highest BCUT2D eigenvalue weighted by Crippen LogP contribution is 1.88. The summed E-state index contributed by atoms with van der Waals surface area (Å²) in [6, 6.07) is 5.21. The van der Waals surface area contributed by atoms with Crippen molar-refractivity contribution in [3.63, 3.8) is 0 Å². The van der Waals surface area contributed by atoms with Gasteiger partial charge in [-0.2, -0.15) is 5.26 Å². The molecule has 0 bridgehead atoms. The van der Waals surface area contributed by atoms with Gasteiger partial charge in [0, 0.05) is 6.20 Å². The van der Waals surface area contributed by atoms with Crippen molar-refractivity contribution in [2.24, 2.45) is 0 Å². The summed E-state index contributed by atoms with van der Waals surface area (Å²) in [5.74, 6) is 0. The maximum atomic E-state index is 8.23. The van der Waals surface area contributed by atoms with Gasteiger partial charge < -0.3 is 0 Å². The Labute approximate surface area is 47.4 Å². The molecule has 1 aromatic rings. The van der Waals surface area contributed by atoms with Crippen LogP contribution in [0.5, 0.6) is 0 Å². The van der Waals surface area contributed by atoms with E-state index in [1.54, 1.807) is 12.1 Å². The Morgan fingerprint density at radius 1 is 1.75 bits per heavy atom. The van der Waals surface area contributed by atoms with Crippen LogP contribution in [0.4, 0.5) is 0 Å². The summed E-state index contributed by atoms with van der Waals surface area (Å²) in [4.78, 5) is 3.61. The number of pyridine rings is 1. The summed E-state index contributed by atoms with van der Waals surface area (Å²) in [7, 11) is 0. The second kappa shape index (κ2) is 2.08. The Balaban J connectivity index is 3.05. The van der Waals surface area contributed by atoms with E-state index < -0.39 is 0 Å². The van der Waals surface area contributed by atoms with Gasteiger partial charge >= 0.3 is 0 Å². The molecule has 37 valence electrons. The summed E-state index contributed by atoms with van der Waals surface area (Å²) >= 11 is 0. The van der Waals surface area contributed by atoms with E-state index in [2.05, 4.69) is 11.2 Å². The van der Waals surface area contributed by atoms with Crippen LogP contribution < -0.4 is 0 Å². The van der Waals surface area contributed by atoms with Crippen molar-refractivity contribution in [3.05, 3.63) is 30.1 Å². The fourth-order valence-electron chi connectivity index (χ4n) is 0.386. The highest BCUT2D eigenvalue weighted by Gasteiger charge is 1.81. The van der Waals surface area contributed by atoms with Crippen molar-refractivity contribution in [3.8, 4) is 6.07 Å². The number of nitriles is 1. The Morgan fingerprint density at radius 2 is 2.62 bits per heavy atom. The van der Waals surface area contributed by atoms with Gasteiger partial charge in [0.2, 0.25) is 0 Å². The number of aromatic nitrogens is 1. The number of nitrogens with zero attached hydrogens (tertiary/aromatic N) is 2. The highest BCUT2D eigenvalue weighted by molar-refractivity contribution is 5.23. The molecule has 0 saturated carbocycles. The minimum Gasteiger partial charge on any atom is -0.253 e. The molecular formula is C6H3N2. The maximum absolute atomic E-state index is 8.23. The summed E-state index contributed by atoms with van der Waals surface area (Å²) in [5, 5.41) is 8.23. The second-order valence-electron chi connectivity index (χ2n) is 1.29. The van der Waals surface area contributed by atoms with E-state index in [-0.39, 0.29) is 0 Å². The average Bonchev–Trinajstić information content (AvgIpc) is 1.90. The van der Waals surface area contributed by atoms with Crippen molar-refractivity contribution in [1.82, 2.24) is 4.98 Å². The molecule has 0 amide bonds. The zero-order chi connectivity index (χ0) is 5.82. The van der Waals surface area contributed by atoms with Crippen LogP contribution in [0.3, 0.4) is 0 Å². The third-order valence-electron chi connectivity index (χ3n) is 0.745. The lowest BCUT2D eigenvalue weighted by molar-refractivity contribution is 1.29. The summed E-state index contributed by atoms with van der Waals surface area (Å²) in [6.45, 7) is 0. The molecule has 0 saturated heterocycles. The molecular weight excluding hydrogens is 100 g/mol. The lowest BCUT2D eigenvalue weighted by Crippen LogP contribution is -1.72. The molecule has 0 aliphatic carbocycles. The van der Waals surface area contributed by atoms with Crippen molar-refractivity contribution < 1.29 is 0 Å². The van der Waals surface area contributed by atoms with E-state index in [4.69, 9.17) is 5.26 Å². The molecule has 0 atom stereocenters. The Hall–Kier alpha value is -1.36. The predicted octanol–water partition coefficient (Wildman–Crippen LogP) is 0.753. The molecule has 0 N–H and O–H groups in total. The first-order valence-electron chi connectivity index (χ1n) is 2.15. The first-order chi connectivity index (χ1) is 3.93. The SMILES string of the molecule is N#Cc1cc[c]nc1. The third-order valence-corrected chi connectivity index (χ3v) is 0.745. The van der Waals surface area contributed by atoms with E-state index in [9.17, 15) is 0 Å². The van der Waals surface area contributed by atoms with Crippen LogP contribution in [0.2, 0.25) is 0 Å². The molecule has 2 heteroatoms. The Bertz CT molecular complexity index is 198. The Kier molecular flexibility index (Phi) is 1.25. The lowest BCUT2D eigenvalue weighted by Gasteiger charge is -1.78. The van der Waals surface area contributed by atoms with Crippen LogP contribution in [0.1, 0.15) is 5.56 Å². The summed E-state index contributed by atoms with van der Waals surface area (Å²) < 4.78 is 0. The van der Waals surface area contributed by atoms with Crippen LogP contribution in [0.15, 0.2) is 18.3 Å².